The summed E-state index contributed by atoms with van der Waals surface area (Å²) in [6, 6.07) is 166. The van der Waals surface area contributed by atoms with Gasteiger partial charge in [0, 0.05) is 104 Å². The Kier molecular flexibility index (Phi) is 20.5. The van der Waals surface area contributed by atoms with E-state index in [0.717, 1.165) is 200 Å². The van der Waals surface area contributed by atoms with E-state index in [4.69, 9.17) is 26.5 Å². The van der Waals surface area contributed by atoms with Crippen molar-refractivity contribution in [2.45, 2.75) is 0 Å². The van der Waals surface area contributed by atoms with Crippen molar-refractivity contribution < 1.29 is 0 Å². The van der Waals surface area contributed by atoms with Gasteiger partial charge in [0.05, 0.1) is 126 Å². The number of hydrogen-bond donors (Lipinski definition) is 0. The fraction of sp³-hybridized carbons (Fsp3) is 0. The number of benzene rings is 19. The van der Waals surface area contributed by atoms with Crippen LogP contribution in [-0.4, -0.2) is 38.2 Å². The number of fused-ring (bicyclic) bond motifs is 12. The van der Waals surface area contributed by atoms with Gasteiger partial charge in [-0.2, -0.15) is 15.8 Å². The molecule has 0 unspecified atom stereocenters. The van der Waals surface area contributed by atoms with Crippen molar-refractivity contribution in [3.63, 3.8) is 0 Å². The smallest absolute Gasteiger partial charge is 0.188 e. The quantitative estimate of drug-likeness (QED) is 0.0928. The summed E-state index contributed by atoms with van der Waals surface area (Å²) < 4.78 is 9.55. The number of para-hydroxylation sites is 7. The highest BCUT2D eigenvalue weighted by Gasteiger charge is 2.29. The van der Waals surface area contributed by atoms with Crippen LogP contribution in [0.15, 0.2) is 461 Å². The second kappa shape index (κ2) is 34.7. The van der Waals surface area contributed by atoms with Gasteiger partial charge in [0.1, 0.15) is 0 Å². The van der Waals surface area contributed by atoms with E-state index in [-0.39, 0.29) is 0 Å². The summed E-state index contributed by atoms with van der Waals surface area (Å²) in [4.78, 5) is 25.4. The maximum Gasteiger partial charge on any atom is 0.188 e. The van der Waals surface area contributed by atoms with Gasteiger partial charge in [-0.3, -0.25) is 0 Å². The minimum atomic E-state index is 0.441. The molecule has 25 rings (SSSR count). The van der Waals surface area contributed by atoms with Gasteiger partial charge in [0.25, 0.3) is 0 Å². The van der Waals surface area contributed by atoms with Crippen molar-refractivity contribution in [1.29, 1.82) is 15.8 Å². The van der Waals surface area contributed by atoms with E-state index >= 15 is 0 Å². The Balaban J connectivity index is 0.000000151. The molecule has 0 radical (unpaired) electrons. The SMILES string of the molecule is N#Cc1ccc(-c2ccc3c(c2)c2cc(-c4ccc(C#N)cc4)ccc2n3-c2cccc(-c3nc(-c4ccccc4)cc(-c4ccccc4)n3)c2-c2ccccc2-n2c3ccccc3c3ccccc32)cc1.[C-]#[N+]c1ccc(-c2ccc3c(c2)c2ccccc2n3-c2cccc(-c3nc(-c4ccccc4)cc(-c4ccccc4)n3)c2-c2ccccc2-n2c3ccccc3c3ccccc32)c(C#N)c1. The van der Waals surface area contributed by atoms with Crippen LogP contribution in [0.5, 0.6) is 0 Å². The molecular weight excluding hydrogens is 1680 g/mol. The summed E-state index contributed by atoms with van der Waals surface area (Å²) in [5.74, 6) is 1.22. The molecular formula is C126H76N12. The minimum Gasteiger partial charge on any atom is -0.309 e. The van der Waals surface area contributed by atoms with Gasteiger partial charge >= 0.3 is 0 Å². The molecule has 0 N–H and O–H groups in total. The first kappa shape index (κ1) is 81.7. The Morgan fingerprint density at radius 1 is 0.203 bits per heavy atom. The van der Waals surface area contributed by atoms with Gasteiger partial charge in [0.2, 0.25) is 0 Å². The molecule has 12 nitrogen and oxygen atoms in total. The molecule has 6 heterocycles. The number of rotatable bonds is 15. The third-order valence-electron chi connectivity index (χ3n) is 26.5. The molecule has 640 valence electrons. The van der Waals surface area contributed by atoms with Crippen LogP contribution in [0.1, 0.15) is 16.7 Å². The summed E-state index contributed by atoms with van der Waals surface area (Å²) in [5.41, 5.74) is 33.6. The zero-order valence-corrected chi connectivity index (χ0v) is 74.2. The first-order valence-corrected chi connectivity index (χ1v) is 45.8. The van der Waals surface area contributed by atoms with Crippen molar-refractivity contribution in [3.8, 4) is 164 Å². The zero-order chi connectivity index (χ0) is 92.3. The van der Waals surface area contributed by atoms with Gasteiger partial charge in [-0.05, 0) is 167 Å². The molecule has 0 saturated heterocycles. The van der Waals surface area contributed by atoms with Crippen LogP contribution in [0.25, 0.3) is 238 Å². The summed E-state index contributed by atoms with van der Waals surface area (Å²) in [6.45, 7) is 7.55. The number of nitrogens with zero attached hydrogens (tertiary/aromatic N) is 12. The Hall–Kier alpha value is -19.5. The van der Waals surface area contributed by atoms with Crippen LogP contribution in [0.2, 0.25) is 0 Å². The first-order valence-electron chi connectivity index (χ1n) is 45.8. The predicted octanol–water partition coefficient (Wildman–Crippen LogP) is 31.8. The van der Waals surface area contributed by atoms with Crippen LogP contribution in [-0.2, 0) is 0 Å². The molecule has 19 aromatic carbocycles. The number of nitriles is 3. The van der Waals surface area contributed by atoms with Gasteiger partial charge < -0.3 is 18.3 Å². The molecule has 0 spiro atoms. The van der Waals surface area contributed by atoms with Gasteiger partial charge in [-0.15, -0.1) is 0 Å². The topological polar surface area (TPSA) is 147 Å². The van der Waals surface area contributed by atoms with Crippen molar-refractivity contribution >= 4 is 92.9 Å². The van der Waals surface area contributed by atoms with E-state index in [2.05, 4.69) is 387 Å². The van der Waals surface area contributed by atoms with E-state index < -0.39 is 0 Å². The zero-order valence-electron chi connectivity index (χ0n) is 74.2. The van der Waals surface area contributed by atoms with Gasteiger partial charge in [-0.25, -0.2) is 24.8 Å². The van der Waals surface area contributed by atoms with Crippen molar-refractivity contribution in [1.82, 2.24) is 38.2 Å². The average molecular weight is 1760 g/mol. The van der Waals surface area contributed by atoms with E-state index in [9.17, 15) is 15.8 Å². The molecule has 138 heavy (non-hydrogen) atoms. The Morgan fingerprint density at radius 3 is 0.841 bits per heavy atom. The minimum absolute atomic E-state index is 0.441. The van der Waals surface area contributed by atoms with Crippen molar-refractivity contribution in [2.75, 3.05) is 0 Å². The molecule has 0 aliphatic heterocycles. The van der Waals surface area contributed by atoms with Gasteiger partial charge in [0.15, 0.2) is 17.3 Å². The fourth-order valence-electron chi connectivity index (χ4n) is 20.1. The van der Waals surface area contributed by atoms with Crippen molar-refractivity contribution in [2.24, 2.45) is 0 Å². The lowest BCUT2D eigenvalue weighted by molar-refractivity contribution is 1.15. The monoisotopic (exact) mass is 1760 g/mol. The molecule has 6 aromatic heterocycles. The third-order valence-corrected chi connectivity index (χ3v) is 26.5. The highest BCUT2D eigenvalue weighted by Crippen LogP contribution is 2.50. The fourth-order valence-corrected chi connectivity index (χ4v) is 20.1. The van der Waals surface area contributed by atoms with E-state index in [1.54, 1.807) is 12.1 Å². The summed E-state index contributed by atoms with van der Waals surface area (Å²) in [6.07, 6.45) is 0. The van der Waals surface area contributed by atoms with E-state index in [1.807, 2.05) is 103 Å². The maximum atomic E-state index is 10.2. The normalized spacial score (nSPS) is 11.3. The molecule has 0 saturated carbocycles. The molecule has 0 amide bonds. The Bertz CT molecular complexity index is 9030. The van der Waals surface area contributed by atoms with Gasteiger partial charge in [-0.1, -0.05) is 328 Å². The summed E-state index contributed by atoms with van der Waals surface area (Å²) in [5, 5.41) is 38.5. The molecule has 0 aliphatic rings. The molecule has 0 bridgehead atoms. The summed E-state index contributed by atoms with van der Waals surface area (Å²) in [7, 11) is 0. The molecule has 0 atom stereocenters. The molecule has 0 fully saturated rings. The lowest BCUT2D eigenvalue weighted by atomic mass is 9.94. The van der Waals surface area contributed by atoms with E-state index in [1.165, 1.54) is 21.5 Å². The molecule has 12 heteroatoms. The number of aromatic nitrogens is 8. The number of hydrogen-bond acceptors (Lipinski definition) is 7. The lowest BCUT2D eigenvalue weighted by Crippen LogP contribution is -2.04. The Morgan fingerprint density at radius 2 is 0.486 bits per heavy atom. The van der Waals surface area contributed by atoms with E-state index in [0.29, 0.717) is 34.0 Å². The third kappa shape index (κ3) is 14.3. The second-order valence-corrected chi connectivity index (χ2v) is 34.3. The molecule has 0 aliphatic carbocycles. The summed E-state index contributed by atoms with van der Waals surface area (Å²) >= 11 is 0. The highest BCUT2D eigenvalue weighted by molar-refractivity contribution is 6.16. The lowest BCUT2D eigenvalue weighted by Gasteiger charge is -2.21. The largest absolute Gasteiger partial charge is 0.309 e. The van der Waals surface area contributed by atoms with Crippen LogP contribution in [0.3, 0.4) is 0 Å². The molecule has 25 aromatic rings. The average Bonchev–Trinajstić information content (AvgIpc) is 1.54. The second-order valence-electron chi connectivity index (χ2n) is 34.3. The highest BCUT2D eigenvalue weighted by atomic mass is 15.0. The standard InChI is InChI=1S/C66H40N6.C60H36N6/c67-41-43-26-30-45(31-27-43)49-34-36-62-55(38-49)56-39-50(46-32-28-44(42-68)29-33-46)35-37-63(56)72(62)64-25-13-21-54(66-69-57(47-14-3-1-4-15-47)40-58(70-66)48-16-5-2-6-17-48)65(64)53-20-9-12-24-61(53)71-59-22-10-7-18-51(59)52-19-8-11-23-60(52)71;1-62-43-32-33-44(42(35-43)38-61)41-31-34-57-50(36-41)47-23-10-14-28-55(47)66(57)58-30-16-25-49(60-63-51(39-17-4-2-5-18-39)37-52(64-60)40-19-6-3-7-20-40)59(58)48-24-11-15-29-56(48)65-53-26-12-8-21-45(53)46-22-9-13-27-54(46)65/h1-40H;2-37H. The van der Waals surface area contributed by atoms with Crippen LogP contribution < -0.4 is 0 Å². The maximum absolute atomic E-state index is 10.2. The predicted molar refractivity (Wildman–Crippen MR) is 562 cm³/mol. The van der Waals surface area contributed by atoms with Crippen LogP contribution in [0.4, 0.5) is 5.69 Å². The van der Waals surface area contributed by atoms with Crippen LogP contribution >= 0.6 is 0 Å². The van der Waals surface area contributed by atoms with Crippen molar-refractivity contribution in [3.05, 3.63) is 489 Å². The first-order chi connectivity index (χ1) is 68.3. The van der Waals surface area contributed by atoms with Crippen LogP contribution in [0, 0.1) is 40.6 Å². The Labute approximate surface area is 795 Å².